The maximum absolute atomic E-state index is 4.15. The van der Waals surface area contributed by atoms with Gasteiger partial charge in [0.15, 0.2) is 0 Å². The van der Waals surface area contributed by atoms with Gasteiger partial charge in [-0.05, 0) is 43.4 Å². The first-order valence-corrected chi connectivity index (χ1v) is 7.54. The van der Waals surface area contributed by atoms with Crippen LogP contribution in [0, 0.1) is 22.2 Å². The van der Waals surface area contributed by atoms with E-state index in [1.165, 1.54) is 25.7 Å². The third-order valence-electron chi connectivity index (χ3n) is 6.77. The molecule has 1 spiro atoms. The van der Waals surface area contributed by atoms with Crippen LogP contribution in [0.3, 0.4) is 0 Å². The van der Waals surface area contributed by atoms with Gasteiger partial charge in [-0.25, -0.2) is 0 Å². The van der Waals surface area contributed by atoms with Crippen molar-refractivity contribution in [1.82, 2.24) is 0 Å². The Morgan fingerprint density at radius 3 is 2.06 bits per heavy atom. The van der Waals surface area contributed by atoms with Gasteiger partial charge in [-0.2, -0.15) is 0 Å². The average molecular weight is 246 g/mol. The standard InChI is InChI=1S/C18H30/c1-8-15-11-9-10-12-16(4,5)17(6,7)18(15)13(2)14(18)3/h8,15H,1,9-12H2,2-7H3. The van der Waals surface area contributed by atoms with Crippen molar-refractivity contribution < 1.29 is 0 Å². The lowest BCUT2D eigenvalue weighted by atomic mass is 9.50. The summed E-state index contributed by atoms with van der Waals surface area (Å²) in [5.41, 5.74) is 4.35. The van der Waals surface area contributed by atoms with Crippen molar-refractivity contribution in [3.05, 3.63) is 23.8 Å². The van der Waals surface area contributed by atoms with E-state index in [0.29, 0.717) is 22.2 Å². The van der Waals surface area contributed by atoms with Gasteiger partial charge in [0.05, 0.1) is 0 Å². The van der Waals surface area contributed by atoms with E-state index in [9.17, 15) is 0 Å². The second kappa shape index (κ2) is 3.99. The zero-order valence-corrected chi connectivity index (χ0v) is 13.2. The molecule has 0 heterocycles. The Bertz CT molecular complexity index is 380. The molecule has 2 rings (SSSR count). The zero-order valence-electron chi connectivity index (χ0n) is 13.2. The highest BCUT2D eigenvalue weighted by molar-refractivity contribution is 5.52. The van der Waals surface area contributed by atoms with E-state index < -0.39 is 0 Å². The molecular weight excluding hydrogens is 216 g/mol. The highest BCUT2D eigenvalue weighted by Gasteiger charge is 2.65. The van der Waals surface area contributed by atoms with Gasteiger partial charge in [0, 0.05) is 5.41 Å². The Kier molecular flexibility index (Phi) is 3.08. The summed E-state index contributed by atoms with van der Waals surface area (Å²) in [5, 5.41) is 0. The fourth-order valence-electron chi connectivity index (χ4n) is 4.83. The van der Waals surface area contributed by atoms with Crippen molar-refractivity contribution in [1.29, 1.82) is 0 Å². The van der Waals surface area contributed by atoms with Gasteiger partial charge in [-0.15, -0.1) is 6.58 Å². The molecule has 1 saturated carbocycles. The fraction of sp³-hybridized carbons (Fsp3) is 0.778. The minimum absolute atomic E-state index is 0.327. The van der Waals surface area contributed by atoms with E-state index >= 15 is 0 Å². The number of allylic oxidation sites excluding steroid dienone is 3. The van der Waals surface area contributed by atoms with E-state index in [0.717, 1.165) is 0 Å². The Labute approximate surface area is 114 Å². The van der Waals surface area contributed by atoms with E-state index in [-0.39, 0.29) is 0 Å². The molecule has 0 aromatic heterocycles. The van der Waals surface area contributed by atoms with Crippen LogP contribution < -0.4 is 0 Å². The minimum Gasteiger partial charge on any atom is -0.103 e. The van der Waals surface area contributed by atoms with Crippen LogP contribution in [0.1, 0.15) is 67.2 Å². The third-order valence-corrected chi connectivity index (χ3v) is 6.77. The summed E-state index contributed by atoms with van der Waals surface area (Å²) in [5.74, 6) is 0.645. The molecule has 2 aliphatic carbocycles. The molecule has 1 atom stereocenters. The van der Waals surface area contributed by atoms with Crippen LogP contribution in [0.25, 0.3) is 0 Å². The second-order valence-corrected chi connectivity index (χ2v) is 7.65. The molecule has 0 amide bonds. The largest absolute Gasteiger partial charge is 0.103 e. The van der Waals surface area contributed by atoms with Crippen LogP contribution in [0.2, 0.25) is 0 Å². The first-order valence-electron chi connectivity index (χ1n) is 7.54. The minimum atomic E-state index is 0.327. The number of rotatable bonds is 1. The molecule has 0 aromatic rings. The molecule has 2 aliphatic rings. The summed E-state index contributed by atoms with van der Waals surface area (Å²) in [6.45, 7) is 18.8. The molecule has 0 radical (unpaired) electrons. The third kappa shape index (κ3) is 1.44. The molecule has 18 heavy (non-hydrogen) atoms. The number of hydrogen-bond acceptors (Lipinski definition) is 0. The molecule has 0 nitrogen and oxygen atoms in total. The topological polar surface area (TPSA) is 0 Å². The molecule has 1 fully saturated rings. The molecule has 1 unspecified atom stereocenters. The fourth-order valence-corrected chi connectivity index (χ4v) is 4.83. The molecular formula is C18H30. The highest BCUT2D eigenvalue weighted by atomic mass is 14.7. The molecule has 102 valence electrons. The first kappa shape index (κ1) is 13.9. The van der Waals surface area contributed by atoms with Crippen LogP contribution in [-0.4, -0.2) is 0 Å². The van der Waals surface area contributed by atoms with E-state index in [1.54, 1.807) is 11.1 Å². The van der Waals surface area contributed by atoms with Crippen molar-refractivity contribution in [3.63, 3.8) is 0 Å². The van der Waals surface area contributed by atoms with Crippen molar-refractivity contribution in [3.8, 4) is 0 Å². The summed E-state index contributed by atoms with van der Waals surface area (Å²) >= 11 is 0. The van der Waals surface area contributed by atoms with Crippen molar-refractivity contribution in [2.45, 2.75) is 67.2 Å². The maximum Gasteiger partial charge on any atom is 0.0239 e. The molecule has 0 aliphatic heterocycles. The van der Waals surface area contributed by atoms with Crippen molar-refractivity contribution in [2.75, 3.05) is 0 Å². The summed E-state index contributed by atoms with van der Waals surface area (Å²) in [4.78, 5) is 0. The predicted octanol–water partition coefficient (Wildman–Crippen LogP) is 5.75. The smallest absolute Gasteiger partial charge is 0.0239 e. The first-order chi connectivity index (χ1) is 8.23. The molecule has 0 bridgehead atoms. The average Bonchev–Trinajstić information content (AvgIpc) is 2.82. The molecule has 0 aromatic carbocycles. The zero-order chi connectivity index (χ0) is 13.8. The van der Waals surface area contributed by atoms with E-state index in [1.807, 2.05) is 0 Å². The van der Waals surface area contributed by atoms with Crippen LogP contribution in [0.15, 0.2) is 23.8 Å². The quantitative estimate of drug-likeness (QED) is 0.517. The normalized spacial score (nSPS) is 32.9. The predicted molar refractivity (Wildman–Crippen MR) is 80.5 cm³/mol. The molecule has 0 heteroatoms. The molecule has 0 N–H and O–H groups in total. The summed E-state index contributed by atoms with van der Waals surface area (Å²) in [6.07, 6.45) is 7.64. The monoisotopic (exact) mass is 246 g/mol. The summed E-state index contributed by atoms with van der Waals surface area (Å²) in [7, 11) is 0. The second-order valence-electron chi connectivity index (χ2n) is 7.65. The van der Waals surface area contributed by atoms with Gasteiger partial charge in [0.1, 0.15) is 0 Å². The Balaban J connectivity index is 2.50. The Hall–Kier alpha value is -0.520. The SMILES string of the molecule is C=CC1CCCCC(C)(C)C(C)(C)C12C(C)=C2C. The van der Waals surface area contributed by atoms with Gasteiger partial charge < -0.3 is 0 Å². The Morgan fingerprint density at radius 1 is 1.06 bits per heavy atom. The van der Waals surface area contributed by atoms with Gasteiger partial charge >= 0.3 is 0 Å². The van der Waals surface area contributed by atoms with Crippen LogP contribution in [0.4, 0.5) is 0 Å². The molecule has 0 saturated heterocycles. The number of hydrogen-bond donors (Lipinski definition) is 0. The van der Waals surface area contributed by atoms with Gasteiger partial charge in [-0.3, -0.25) is 0 Å². The van der Waals surface area contributed by atoms with E-state index in [2.05, 4.69) is 54.2 Å². The van der Waals surface area contributed by atoms with Gasteiger partial charge in [0.2, 0.25) is 0 Å². The summed E-state index contributed by atoms with van der Waals surface area (Å²) in [6, 6.07) is 0. The Morgan fingerprint density at radius 2 is 1.61 bits per heavy atom. The van der Waals surface area contributed by atoms with Crippen molar-refractivity contribution >= 4 is 0 Å². The lowest BCUT2D eigenvalue weighted by Gasteiger charge is -2.53. The van der Waals surface area contributed by atoms with E-state index in [4.69, 9.17) is 0 Å². The van der Waals surface area contributed by atoms with Gasteiger partial charge in [-0.1, -0.05) is 57.8 Å². The lowest BCUT2D eigenvalue weighted by Crippen LogP contribution is -2.47. The van der Waals surface area contributed by atoms with Gasteiger partial charge in [0.25, 0.3) is 0 Å². The highest BCUT2D eigenvalue weighted by Crippen LogP contribution is 2.73. The summed E-state index contributed by atoms with van der Waals surface area (Å²) < 4.78 is 0. The van der Waals surface area contributed by atoms with Crippen LogP contribution in [0.5, 0.6) is 0 Å². The van der Waals surface area contributed by atoms with Crippen LogP contribution >= 0.6 is 0 Å². The van der Waals surface area contributed by atoms with Crippen molar-refractivity contribution in [2.24, 2.45) is 22.2 Å². The maximum atomic E-state index is 4.15. The lowest BCUT2D eigenvalue weighted by molar-refractivity contribution is -0.0134. The van der Waals surface area contributed by atoms with Crippen LogP contribution in [-0.2, 0) is 0 Å².